The standard InChI is InChI=1S/C15H17NO3/c1-19-15(18)13-6-7-14(17)16(13)12-8-10-4-2-3-5-11(10)9-12/h2-5,12-13H,6-9H2,1H3. The maximum Gasteiger partial charge on any atom is 0.328 e. The molecule has 0 spiro atoms. The highest BCUT2D eigenvalue weighted by atomic mass is 16.5. The van der Waals surface area contributed by atoms with Crippen molar-refractivity contribution in [2.24, 2.45) is 0 Å². The highest BCUT2D eigenvalue weighted by Gasteiger charge is 2.42. The quantitative estimate of drug-likeness (QED) is 0.752. The summed E-state index contributed by atoms with van der Waals surface area (Å²) in [7, 11) is 1.38. The van der Waals surface area contributed by atoms with Crippen molar-refractivity contribution in [3.8, 4) is 0 Å². The summed E-state index contributed by atoms with van der Waals surface area (Å²) in [5.74, 6) is -0.213. The first kappa shape index (κ1) is 12.2. The van der Waals surface area contributed by atoms with E-state index in [2.05, 4.69) is 12.1 Å². The Labute approximate surface area is 112 Å². The van der Waals surface area contributed by atoms with Gasteiger partial charge in [0.15, 0.2) is 0 Å². The van der Waals surface area contributed by atoms with E-state index in [0.29, 0.717) is 12.8 Å². The van der Waals surface area contributed by atoms with Gasteiger partial charge in [0.1, 0.15) is 6.04 Å². The molecule has 0 bridgehead atoms. The molecule has 100 valence electrons. The number of benzene rings is 1. The zero-order valence-electron chi connectivity index (χ0n) is 11.0. The zero-order valence-corrected chi connectivity index (χ0v) is 11.0. The van der Waals surface area contributed by atoms with Gasteiger partial charge in [-0.25, -0.2) is 4.79 Å². The van der Waals surface area contributed by atoms with Gasteiger partial charge in [0, 0.05) is 12.5 Å². The van der Waals surface area contributed by atoms with Gasteiger partial charge >= 0.3 is 5.97 Å². The van der Waals surface area contributed by atoms with Crippen molar-refractivity contribution >= 4 is 11.9 Å². The molecule has 1 aliphatic heterocycles. The first-order valence-electron chi connectivity index (χ1n) is 6.66. The van der Waals surface area contributed by atoms with Crippen LogP contribution in [0.4, 0.5) is 0 Å². The molecular weight excluding hydrogens is 242 g/mol. The van der Waals surface area contributed by atoms with Crippen LogP contribution < -0.4 is 0 Å². The molecule has 0 N–H and O–H groups in total. The lowest BCUT2D eigenvalue weighted by atomic mass is 10.1. The molecule has 2 aliphatic rings. The second-order valence-electron chi connectivity index (χ2n) is 5.21. The highest BCUT2D eigenvalue weighted by molar-refractivity contribution is 5.88. The van der Waals surface area contributed by atoms with Gasteiger partial charge in [-0.15, -0.1) is 0 Å². The van der Waals surface area contributed by atoms with Crippen molar-refractivity contribution < 1.29 is 14.3 Å². The minimum absolute atomic E-state index is 0.0770. The minimum atomic E-state index is -0.392. The Balaban J connectivity index is 1.82. The van der Waals surface area contributed by atoms with Crippen LogP contribution in [-0.4, -0.2) is 36.0 Å². The number of likely N-dealkylation sites (tertiary alicyclic amines) is 1. The molecule has 1 aliphatic carbocycles. The summed E-state index contributed by atoms with van der Waals surface area (Å²) in [4.78, 5) is 25.6. The van der Waals surface area contributed by atoms with Gasteiger partial charge in [0.25, 0.3) is 0 Å². The van der Waals surface area contributed by atoms with Crippen LogP contribution in [0, 0.1) is 0 Å². The molecule has 4 heteroatoms. The zero-order chi connectivity index (χ0) is 13.4. The lowest BCUT2D eigenvalue weighted by molar-refractivity contribution is -0.150. The maximum absolute atomic E-state index is 12.1. The fourth-order valence-electron chi connectivity index (χ4n) is 3.26. The molecule has 1 heterocycles. The number of hydrogen-bond acceptors (Lipinski definition) is 3. The lowest BCUT2D eigenvalue weighted by Gasteiger charge is -2.29. The summed E-state index contributed by atoms with van der Waals surface area (Å²) in [5, 5.41) is 0. The molecule has 1 saturated heterocycles. The van der Waals surface area contributed by atoms with Crippen molar-refractivity contribution in [1.29, 1.82) is 0 Å². The minimum Gasteiger partial charge on any atom is -0.467 e. The van der Waals surface area contributed by atoms with Crippen LogP contribution in [0.1, 0.15) is 24.0 Å². The van der Waals surface area contributed by atoms with Gasteiger partial charge in [-0.2, -0.15) is 0 Å². The maximum atomic E-state index is 12.1. The molecule has 1 unspecified atom stereocenters. The number of ether oxygens (including phenoxy) is 1. The summed E-state index contributed by atoms with van der Waals surface area (Å²) in [6, 6.07) is 7.95. The van der Waals surface area contributed by atoms with E-state index in [1.807, 2.05) is 12.1 Å². The highest BCUT2D eigenvalue weighted by Crippen LogP contribution is 2.31. The molecule has 4 nitrogen and oxygen atoms in total. The molecule has 3 rings (SSSR count). The first-order chi connectivity index (χ1) is 9.20. The van der Waals surface area contributed by atoms with Gasteiger partial charge in [0.2, 0.25) is 5.91 Å². The monoisotopic (exact) mass is 259 g/mol. The molecule has 0 radical (unpaired) electrons. The second-order valence-corrected chi connectivity index (χ2v) is 5.21. The summed E-state index contributed by atoms with van der Waals surface area (Å²) in [5.41, 5.74) is 2.58. The van der Waals surface area contributed by atoms with Gasteiger partial charge in [-0.1, -0.05) is 24.3 Å². The molecule has 0 aromatic heterocycles. The number of nitrogens with zero attached hydrogens (tertiary/aromatic N) is 1. The topological polar surface area (TPSA) is 46.6 Å². The molecule has 1 atom stereocenters. The third-order valence-corrected chi connectivity index (χ3v) is 4.15. The Morgan fingerprint density at radius 2 is 1.89 bits per heavy atom. The van der Waals surface area contributed by atoms with E-state index in [1.165, 1.54) is 18.2 Å². The van der Waals surface area contributed by atoms with Crippen molar-refractivity contribution in [2.75, 3.05) is 7.11 Å². The number of rotatable bonds is 2. The van der Waals surface area contributed by atoms with Crippen LogP contribution >= 0.6 is 0 Å². The van der Waals surface area contributed by atoms with E-state index >= 15 is 0 Å². The Morgan fingerprint density at radius 1 is 1.26 bits per heavy atom. The second kappa shape index (κ2) is 4.68. The molecule has 1 aromatic rings. The smallest absolute Gasteiger partial charge is 0.328 e. The largest absolute Gasteiger partial charge is 0.467 e. The predicted octanol–water partition coefficient (Wildman–Crippen LogP) is 1.32. The van der Waals surface area contributed by atoms with Crippen LogP contribution in [0.25, 0.3) is 0 Å². The number of hydrogen-bond donors (Lipinski definition) is 0. The van der Waals surface area contributed by atoms with Gasteiger partial charge < -0.3 is 9.64 Å². The third kappa shape index (κ3) is 2.01. The van der Waals surface area contributed by atoms with Crippen LogP contribution in [-0.2, 0) is 27.2 Å². The first-order valence-corrected chi connectivity index (χ1v) is 6.66. The lowest BCUT2D eigenvalue weighted by Crippen LogP contribution is -2.46. The van der Waals surface area contributed by atoms with Crippen LogP contribution in [0.3, 0.4) is 0 Å². The molecule has 1 amide bonds. The van der Waals surface area contributed by atoms with Gasteiger partial charge in [-0.05, 0) is 30.4 Å². The molecule has 0 saturated carbocycles. The number of amides is 1. The summed E-state index contributed by atoms with van der Waals surface area (Å²) >= 11 is 0. The van der Waals surface area contributed by atoms with Crippen molar-refractivity contribution in [3.05, 3.63) is 35.4 Å². The van der Waals surface area contributed by atoms with E-state index in [9.17, 15) is 9.59 Å². The van der Waals surface area contributed by atoms with Crippen LogP contribution in [0.15, 0.2) is 24.3 Å². The SMILES string of the molecule is COC(=O)C1CCC(=O)N1C1Cc2ccccc2C1. The number of carbonyl (C=O) groups excluding carboxylic acids is 2. The third-order valence-electron chi connectivity index (χ3n) is 4.15. The van der Waals surface area contributed by atoms with Crippen LogP contribution in [0.2, 0.25) is 0 Å². The van der Waals surface area contributed by atoms with Gasteiger partial charge in [-0.3, -0.25) is 4.79 Å². The summed E-state index contributed by atoms with van der Waals surface area (Å²) < 4.78 is 4.82. The average molecular weight is 259 g/mol. The average Bonchev–Trinajstić information content (AvgIpc) is 3.00. The van der Waals surface area contributed by atoms with Crippen molar-refractivity contribution in [1.82, 2.24) is 4.90 Å². The number of esters is 1. The van der Waals surface area contributed by atoms with E-state index in [0.717, 1.165) is 12.8 Å². The van der Waals surface area contributed by atoms with Crippen molar-refractivity contribution in [2.45, 2.75) is 37.8 Å². The van der Waals surface area contributed by atoms with E-state index in [1.54, 1.807) is 4.90 Å². The van der Waals surface area contributed by atoms with E-state index < -0.39 is 6.04 Å². The van der Waals surface area contributed by atoms with Gasteiger partial charge in [0.05, 0.1) is 7.11 Å². The predicted molar refractivity (Wildman–Crippen MR) is 69.5 cm³/mol. The molecule has 1 fully saturated rings. The van der Waals surface area contributed by atoms with E-state index in [4.69, 9.17) is 4.74 Å². The van der Waals surface area contributed by atoms with E-state index in [-0.39, 0.29) is 17.9 Å². The number of carbonyl (C=O) groups is 2. The Hall–Kier alpha value is -1.84. The normalized spacial score (nSPS) is 22.7. The fourth-order valence-corrected chi connectivity index (χ4v) is 3.26. The molecular formula is C15H17NO3. The van der Waals surface area contributed by atoms with Crippen molar-refractivity contribution in [3.63, 3.8) is 0 Å². The van der Waals surface area contributed by atoms with Crippen LogP contribution in [0.5, 0.6) is 0 Å². The molecule has 19 heavy (non-hydrogen) atoms. The fraction of sp³-hybridized carbons (Fsp3) is 0.467. The number of fused-ring (bicyclic) bond motifs is 1. The Kier molecular flexibility index (Phi) is 3.01. The summed E-state index contributed by atoms with van der Waals surface area (Å²) in [6.45, 7) is 0. The Morgan fingerprint density at radius 3 is 2.47 bits per heavy atom. The number of methoxy groups -OCH3 is 1. The molecule has 1 aromatic carbocycles. The summed E-state index contributed by atoms with van der Waals surface area (Å²) in [6.07, 6.45) is 2.72. The Bertz CT molecular complexity index is 501.